The third-order valence-electron chi connectivity index (χ3n) is 7.44. The number of ether oxygens (including phenoxy) is 1. The molecule has 0 radical (unpaired) electrons. The predicted octanol–water partition coefficient (Wildman–Crippen LogP) is 6.40. The average molecular weight is 608 g/mol. The molecule has 1 amide bonds. The highest BCUT2D eigenvalue weighted by Gasteiger charge is 2.25. The number of hydrogen-bond donors (Lipinski definition) is 2. The number of nitrogens with one attached hydrogen (secondary N) is 2. The molecule has 2 aromatic carbocycles. The summed E-state index contributed by atoms with van der Waals surface area (Å²) in [5.41, 5.74) is 3.47. The molecule has 1 heterocycles. The Bertz CT molecular complexity index is 1470. The van der Waals surface area contributed by atoms with E-state index in [4.69, 9.17) is 27.9 Å². The summed E-state index contributed by atoms with van der Waals surface area (Å²) in [5, 5.41) is 4.66. The number of aromatic amines is 1. The number of benzene rings is 2. The number of aryl methyl sites for hydroxylation is 3. The first-order chi connectivity index (χ1) is 19.1. The first-order valence-corrected chi connectivity index (χ1v) is 16.3. The summed E-state index contributed by atoms with van der Waals surface area (Å²) < 4.78 is 31.6. The molecule has 1 aliphatic carbocycles. The Kier molecular flexibility index (Phi) is 10.2. The summed E-state index contributed by atoms with van der Waals surface area (Å²) in [5.74, 6) is -0.890. The lowest BCUT2D eigenvalue weighted by atomic mass is 9.89. The standard InChI is InChI=1S/C30H36Cl2N2O5S/c1-19-16-22(17-20(2)28(19)32)39-14-7-10-23-27-24(31)11-6-12-25(27)34-29(23)26(35)18-40(37,38)15-13-33-30(36)21-8-4-3-5-9-21/h6,11-12,16-17,21,34H,3-5,7-10,13-15,18H2,1-2H3,(H,33,36). The van der Waals surface area contributed by atoms with Crippen molar-refractivity contribution in [3.63, 3.8) is 0 Å². The molecular formula is C30H36Cl2N2O5S. The summed E-state index contributed by atoms with van der Waals surface area (Å²) >= 11 is 12.8. The topological polar surface area (TPSA) is 105 Å². The van der Waals surface area contributed by atoms with E-state index in [1.807, 2.05) is 32.0 Å². The Balaban J connectivity index is 1.40. The Morgan fingerprint density at radius 3 is 2.48 bits per heavy atom. The second-order valence-corrected chi connectivity index (χ2v) is 13.6. The van der Waals surface area contributed by atoms with Crippen LogP contribution in [0, 0.1) is 19.8 Å². The molecule has 1 aliphatic rings. The lowest BCUT2D eigenvalue weighted by Gasteiger charge is -2.20. The molecule has 0 atom stereocenters. The van der Waals surface area contributed by atoms with E-state index in [9.17, 15) is 18.0 Å². The normalized spacial score (nSPS) is 14.4. The largest absolute Gasteiger partial charge is 0.494 e. The molecular weight excluding hydrogens is 571 g/mol. The lowest BCUT2D eigenvalue weighted by Crippen LogP contribution is -2.36. The van der Waals surface area contributed by atoms with E-state index in [0.29, 0.717) is 51.7 Å². The number of Topliss-reactive ketones (excluding diaryl/α,β-unsaturated/α-hetero) is 1. The summed E-state index contributed by atoms with van der Waals surface area (Å²) in [4.78, 5) is 28.7. The SMILES string of the molecule is Cc1cc(OCCCc2c(C(=O)CS(=O)(=O)CCNC(=O)C3CCCCC3)[nH]c3cccc(Cl)c23)cc(C)c1Cl. The van der Waals surface area contributed by atoms with Crippen LogP contribution in [0.15, 0.2) is 30.3 Å². The molecule has 216 valence electrons. The highest BCUT2D eigenvalue weighted by atomic mass is 35.5. The molecule has 1 aromatic heterocycles. The van der Waals surface area contributed by atoms with Crippen LogP contribution in [0.3, 0.4) is 0 Å². The first-order valence-electron chi connectivity index (χ1n) is 13.8. The van der Waals surface area contributed by atoms with Crippen molar-refractivity contribution in [1.29, 1.82) is 0 Å². The van der Waals surface area contributed by atoms with Crippen LogP contribution in [-0.4, -0.2) is 49.7 Å². The molecule has 0 bridgehead atoms. The van der Waals surface area contributed by atoms with Gasteiger partial charge in [0.15, 0.2) is 15.6 Å². The van der Waals surface area contributed by atoms with Crippen molar-refractivity contribution >= 4 is 55.6 Å². The Morgan fingerprint density at radius 1 is 1.07 bits per heavy atom. The number of sulfone groups is 1. The van der Waals surface area contributed by atoms with Crippen molar-refractivity contribution in [1.82, 2.24) is 10.3 Å². The molecule has 4 rings (SSSR count). The molecule has 1 fully saturated rings. The molecule has 0 aliphatic heterocycles. The number of fused-ring (bicyclic) bond motifs is 1. The Hall–Kier alpha value is -2.55. The van der Waals surface area contributed by atoms with E-state index < -0.39 is 21.4 Å². The van der Waals surface area contributed by atoms with Gasteiger partial charge in [0.1, 0.15) is 11.5 Å². The second kappa shape index (κ2) is 13.4. The molecule has 3 aromatic rings. The molecule has 2 N–H and O–H groups in total. The van der Waals surface area contributed by atoms with Gasteiger partial charge in [-0.2, -0.15) is 0 Å². The molecule has 0 saturated heterocycles. The monoisotopic (exact) mass is 606 g/mol. The van der Waals surface area contributed by atoms with Crippen LogP contribution < -0.4 is 10.1 Å². The lowest BCUT2D eigenvalue weighted by molar-refractivity contribution is -0.125. The minimum Gasteiger partial charge on any atom is -0.494 e. The zero-order valence-electron chi connectivity index (χ0n) is 22.9. The number of ketones is 1. The minimum absolute atomic E-state index is 0.00266. The number of aromatic nitrogens is 1. The molecule has 0 unspecified atom stereocenters. The number of amides is 1. The van der Waals surface area contributed by atoms with E-state index in [1.54, 1.807) is 12.1 Å². The van der Waals surface area contributed by atoms with Gasteiger partial charge >= 0.3 is 0 Å². The van der Waals surface area contributed by atoms with Gasteiger partial charge in [-0.3, -0.25) is 9.59 Å². The second-order valence-electron chi connectivity index (χ2n) is 10.6. The van der Waals surface area contributed by atoms with Crippen LogP contribution in [0.25, 0.3) is 10.9 Å². The van der Waals surface area contributed by atoms with E-state index >= 15 is 0 Å². The molecule has 40 heavy (non-hydrogen) atoms. The smallest absolute Gasteiger partial charge is 0.223 e. The van der Waals surface area contributed by atoms with Crippen LogP contribution in [0.1, 0.15) is 65.7 Å². The predicted molar refractivity (Wildman–Crippen MR) is 161 cm³/mol. The first kappa shape index (κ1) is 30.4. The number of rotatable bonds is 12. The van der Waals surface area contributed by atoms with E-state index in [2.05, 4.69) is 10.3 Å². The molecule has 1 saturated carbocycles. The fourth-order valence-corrected chi connectivity index (χ4v) is 6.87. The Labute approximate surface area is 245 Å². The van der Waals surface area contributed by atoms with Gasteiger partial charge in [0, 0.05) is 28.4 Å². The van der Waals surface area contributed by atoms with Gasteiger partial charge < -0.3 is 15.0 Å². The van der Waals surface area contributed by atoms with Crippen LogP contribution in [0.4, 0.5) is 0 Å². The zero-order valence-corrected chi connectivity index (χ0v) is 25.3. The third kappa shape index (κ3) is 7.59. The number of carbonyl (C=O) groups excluding carboxylic acids is 2. The van der Waals surface area contributed by atoms with E-state index in [-0.39, 0.29) is 29.8 Å². The highest BCUT2D eigenvalue weighted by molar-refractivity contribution is 7.92. The van der Waals surface area contributed by atoms with E-state index in [0.717, 1.165) is 43.2 Å². The molecule has 0 spiro atoms. The molecule has 7 nitrogen and oxygen atoms in total. The van der Waals surface area contributed by atoms with Gasteiger partial charge in [-0.25, -0.2) is 8.42 Å². The third-order valence-corrected chi connectivity index (χ3v) is 9.88. The van der Waals surface area contributed by atoms with Crippen LogP contribution in [0.2, 0.25) is 10.0 Å². The number of H-pyrrole nitrogens is 1. The maximum Gasteiger partial charge on any atom is 0.223 e. The Morgan fingerprint density at radius 2 is 1.77 bits per heavy atom. The summed E-state index contributed by atoms with van der Waals surface area (Å²) in [6.45, 7) is 4.24. The van der Waals surface area contributed by atoms with Gasteiger partial charge in [0.2, 0.25) is 5.91 Å². The minimum atomic E-state index is -3.75. The summed E-state index contributed by atoms with van der Waals surface area (Å²) in [7, 11) is -3.75. The maximum atomic E-state index is 13.3. The average Bonchev–Trinajstić information content (AvgIpc) is 3.30. The van der Waals surface area contributed by atoms with Crippen molar-refractivity contribution in [3.8, 4) is 5.75 Å². The van der Waals surface area contributed by atoms with Crippen LogP contribution in [0.5, 0.6) is 5.75 Å². The van der Waals surface area contributed by atoms with Crippen molar-refractivity contribution in [2.24, 2.45) is 5.92 Å². The number of carbonyl (C=O) groups is 2. The van der Waals surface area contributed by atoms with Gasteiger partial charge in [-0.15, -0.1) is 0 Å². The highest BCUT2D eigenvalue weighted by Crippen LogP contribution is 2.31. The van der Waals surface area contributed by atoms with Crippen LogP contribution >= 0.6 is 23.2 Å². The van der Waals surface area contributed by atoms with Crippen LogP contribution in [-0.2, 0) is 21.1 Å². The fraction of sp³-hybridized carbons (Fsp3) is 0.467. The quantitative estimate of drug-likeness (QED) is 0.183. The number of hydrogen-bond acceptors (Lipinski definition) is 5. The van der Waals surface area contributed by atoms with Gasteiger partial charge in [-0.05, 0) is 80.5 Å². The van der Waals surface area contributed by atoms with Gasteiger partial charge in [0.05, 0.1) is 23.1 Å². The van der Waals surface area contributed by atoms with E-state index in [1.165, 1.54) is 0 Å². The fourth-order valence-electron chi connectivity index (χ4n) is 5.37. The van der Waals surface area contributed by atoms with Gasteiger partial charge in [0.25, 0.3) is 0 Å². The van der Waals surface area contributed by atoms with Crippen molar-refractivity contribution < 1.29 is 22.7 Å². The van der Waals surface area contributed by atoms with Crippen molar-refractivity contribution in [2.75, 3.05) is 24.7 Å². The van der Waals surface area contributed by atoms with Crippen molar-refractivity contribution in [3.05, 3.63) is 62.8 Å². The van der Waals surface area contributed by atoms with Crippen molar-refractivity contribution in [2.45, 2.75) is 58.8 Å². The number of halogens is 2. The maximum absolute atomic E-state index is 13.3. The zero-order chi connectivity index (χ0) is 28.9. The molecule has 10 heteroatoms. The van der Waals surface area contributed by atoms with Gasteiger partial charge in [-0.1, -0.05) is 48.5 Å². The summed E-state index contributed by atoms with van der Waals surface area (Å²) in [6.07, 6.45) is 5.91. The summed E-state index contributed by atoms with van der Waals surface area (Å²) in [6, 6.07) is 9.10.